The van der Waals surface area contributed by atoms with Gasteiger partial charge in [0.15, 0.2) is 5.78 Å². The van der Waals surface area contributed by atoms with Crippen molar-refractivity contribution in [3.8, 4) is 6.07 Å². The normalized spacial score (nSPS) is 22.7. The van der Waals surface area contributed by atoms with Crippen LogP contribution in [0.15, 0.2) is 71.2 Å². The second-order valence-electron chi connectivity index (χ2n) is 7.92. The Labute approximate surface area is 178 Å². The fourth-order valence-electron chi connectivity index (χ4n) is 5.14. The van der Waals surface area contributed by atoms with Gasteiger partial charge in [0.05, 0.1) is 11.3 Å². The molecular formula is C24H19FN4O2. The number of hydrogen-bond donors (Lipinski definition) is 1. The minimum atomic E-state index is -1.58. The maximum atomic E-state index is 14.0. The van der Waals surface area contributed by atoms with E-state index in [1.165, 1.54) is 17.0 Å². The number of amides is 1. The summed E-state index contributed by atoms with van der Waals surface area (Å²) < 4.78 is 14.0. The van der Waals surface area contributed by atoms with Gasteiger partial charge < -0.3 is 10.6 Å². The van der Waals surface area contributed by atoms with Crippen molar-refractivity contribution in [3.05, 3.63) is 82.6 Å². The Morgan fingerprint density at radius 2 is 1.90 bits per heavy atom. The lowest BCUT2D eigenvalue weighted by atomic mass is 9.64. The van der Waals surface area contributed by atoms with Gasteiger partial charge >= 0.3 is 0 Å². The highest BCUT2D eigenvalue weighted by atomic mass is 19.1. The number of benzene rings is 2. The summed E-state index contributed by atoms with van der Waals surface area (Å²) in [7, 11) is 1.63. The number of rotatable bonds is 1. The number of hydrogen-bond acceptors (Lipinski definition) is 5. The molecule has 1 aliphatic carbocycles. The molecule has 6 nitrogen and oxygen atoms in total. The smallest absolute Gasteiger partial charge is 0.247 e. The number of para-hydroxylation sites is 1. The van der Waals surface area contributed by atoms with Crippen molar-refractivity contribution in [3.63, 3.8) is 0 Å². The maximum Gasteiger partial charge on any atom is 0.247 e. The van der Waals surface area contributed by atoms with Crippen LogP contribution in [0.1, 0.15) is 24.8 Å². The Balaban J connectivity index is 1.91. The predicted octanol–water partition coefficient (Wildman–Crippen LogP) is 3.26. The summed E-state index contributed by atoms with van der Waals surface area (Å²) in [5.74, 6) is -0.994. The van der Waals surface area contributed by atoms with E-state index >= 15 is 0 Å². The molecule has 0 saturated carbocycles. The van der Waals surface area contributed by atoms with E-state index in [1.807, 2.05) is 0 Å². The van der Waals surface area contributed by atoms with Gasteiger partial charge in [0.1, 0.15) is 23.1 Å². The van der Waals surface area contributed by atoms with Crippen molar-refractivity contribution in [1.29, 1.82) is 5.26 Å². The minimum absolute atomic E-state index is 0.00689. The quantitative estimate of drug-likeness (QED) is 0.774. The number of carbonyl (C=O) groups is 2. The fraction of sp³-hybridized carbons (Fsp3) is 0.208. The average molecular weight is 414 g/mol. The Kier molecular flexibility index (Phi) is 4.02. The van der Waals surface area contributed by atoms with Crippen LogP contribution in [0.3, 0.4) is 0 Å². The summed E-state index contributed by atoms with van der Waals surface area (Å²) in [6, 6.07) is 15.1. The first kappa shape index (κ1) is 19.1. The van der Waals surface area contributed by atoms with Gasteiger partial charge in [-0.05, 0) is 37.1 Å². The summed E-state index contributed by atoms with van der Waals surface area (Å²) >= 11 is 0. The topological polar surface area (TPSA) is 90.4 Å². The lowest BCUT2D eigenvalue weighted by Crippen LogP contribution is -2.52. The van der Waals surface area contributed by atoms with E-state index in [0.717, 1.165) is 0 Å². The number of likely N-dealkylation sites (N-methyl/N-ethyl adjacent to an activating group) is 1. The molecule has 2 N–H and O–H groups in total. The molecule has 1 spiro atoms. The Morgan fingerprint density at radius 3 is 2.65 bits per heavy atom. The van der Waals surface area contributed by atoms with E-state index in [0.29, 0.717) is 35.5 Å². The number of ketones is 1. The summed E-state index contributed by atoms with van der Waals surface area (Å²) in [5.41, 5.74) is 7.39. The molecule has 2 aromatic carbocycles. The monoisotopic (exact) mass is 414 g/mol. The first-order chi connectivity index (χ1) is 14.9. The number of anilines is 2. The zero-order valence-electron chi connectivity index (χ0n) is 16.9. The third kappa shape index (κ3) is 2.30. The molecule has 5 rings (SSSR count). The third-order valence-electron chi connectivity index (χ3n) is 6.37. The van der Waals surface area contributed by atoms with Crippen LogP contribution in [0.2, 0.25) is 0 Å². The van der Waals surface area contributed by atoms with Gasteiger partial charge in [-0.25, -0.2) is 4.39 Å². The van der Waals surface area contributed by atoms with Crippen LogP contribution in [0.4, 0.5) is 15.8 Å². The summed E-state index contributed by atoms with van der Waals surface area (Å²) in [6.45, 7) is 0. The number of nitrogens with two attached hydrogens (primary N) is 1. The van der Waals surface area contributed by atoms with Crippen LogP contribution in [0.5, 0.6) is 0 Å². The molecule has 0 bridgehead atoms. The summed E-state index contributed by atoms with van der Waals surface area (Å²) in [6.07, 6.45) is 1.34. The average Bonchev–Trinajstić information content (AvgIpc) is 2.97. The van der Waals surface area contributed by atoms with Crippen LogP contribution < -0.4 is 15.5 Å². The van der Waals surface area contributed by atoms with E-state index < -0.39 is 11.2 Å². The first-order valence-corrected chi connectivity index (χ1v) is 10.0. The lowest BCUT2D eigenvalue weighted by molar-refractivity contribution is -0.124. The summed E-state index contributed by atoms with van der Waals surface area (Å²) in [4.78, 5) is 30.2. The van der Waals surface area contributed by atoms with Crippen molar-refractivity contribution in [2.24, 2.45) is 5.73 Å². The van der Waals surface area contributed by atoms with E-state index in [-0.39, 0.29) is 35.1 Å². The zero-order valence-corrected chi connectivity index (χ0v) is 16.9. The number of carbonyl (C=O) groups excluding carboxylic acids is 2. The van der Waals surface area contributed by atoms with Gasteiger partial charge in [-0.15, -0.1) is 0 Å². The second-order valence-corrected chi connectivity index (χ2v) is 7.92. The van der Waals surface area contributed by atoms with Crippen molar-refractivity contribution in [2.45, 2.75) is 24.7 Å². The molecule has 0 saturated heterocycles. The Morgan fingerprint density at radius 1 is 1.13 bits per heavy atom. The van der Waals surface area contributed by atoms with Gasteiger partial charge in [0.2, 0.25) is 5.91 Å². The van der Waals surface area contributed by atoms with Crippen molar-refractivity contribution in [1.82, 2.24) is 0 Å². The molecule has 2 heterocycles. The van der Waals surface area contributed by atoms with E-state index in [2.05, 4.69) is 6.07 Å². The van der Waals surface area contributed by atoms with Crippen LogP contribution in [-0.2, 0) is 15.0 Å². The number of Topliss-reactive ketones (excluding diaryl/α,β-unsaturated/α-hetero) is 1. The minimum Gasteiger partial charge on any atom is -0.384 e. The van der Waals surface area contributed by atoms with Crippen molar-refractivity contribution >= 4 is 23.1 Å². The molecule has 0 fully saturated rings. The number of allylic oxidation sites excluding steroid dienone is 1. The maximum absolute atomic E-state index is 14.0. The molecule has 2 aliphatic heterocycles. The molecule has 1 amide bonds. The second kappa shape index (κ2) is 6.54. The number of nitriles is 1. The Hall–Kier alpha value is -3.92. The van der Waals surface area contributed by atoms with E-state index in [4.69, 9.17) is 5.73 Å². The number of nitrogens with zero attached hydrogens (tertiary/aromatic N) is 3. The molecule has 1 atom stereocenters. The van der Waals surface area contributed by atoms with Crippen LogP contribution >= 0.6 is 0 Å². The Bertz CT molecular complexity index is 1270. The van der Waals surface area contributed by atoms with E-state index in [1.54, 1.807) is 48.3 Å². The highest BCUT2D eigenvalue weighted by Crippen LogP contribution is 2.56. The van der Waals surface area contributed by atoms with Gasteiger partial charge in [0, 0.05) is 36.0 Å². The molecule has 3 aliphatic rings. The van der Waals surface area contributed by atoms with E-state index in [9.17, 15) is 19.2 Å². The zero-order chi connectivity index (χ0) is 21.9. The molecule has 7 heteroatoms. The number of halogens is 1. The van der Waals surface area contributed by atoms with Gasteiger partial charge in [0.25, 0.3) is 0 Å². The first-order valence-electron chi connectivity index (χ1n) is 10.0. The molecular weight excluding hydrogens is 395 g/mol. The molecule has 0 aromatic heterocycles. The van der Waals surface area contributed by atoms with Gasteiger partial charge in [-0.2, -0.15) is 5.26 Å². The lowest BCUT2D eigenvalue weighted by Gasteiger charge is -2.43. The SMILES string of the molecule is CN1C(=O)C2(C(C#N)=C(N)N(c3cccc(F)c3)C3=C2C(=O)CCC3)c2ccccc21. The van der Waals surface area contributed by atoms with Crippen molar-refractivity contribution in [2.75, 3.05) is 16.8 Å². The van der Waals surface area contributed by atoms with Crippen LogP contribution in [-0.4, -0.2) is 18.7 Å². The highest BCUT2D eigenvalue weighted by Gasteiger charge is 2.61. The van der Waals surface area contributed by atoms with Gasteiger partial charge in [-0.3, -0.25) is 14.5 Å². The predicted molar refractivity (Wildman–Crippen MR) is 113 cm³/mol. The molecule has 0 radical (unpaired) electrons. The molecule has 31 heavy (non-hydrogen) atoms. The molecule has 154 valence electrons. The standard InChI is InChI=1S/C24H19FN4O2/c1-28-18-9-3-2-8-16(18)24(23(28)31)17(13-26)22(27)29(15-7-4-6-14(25)12-15)19-10-5-11-20(30)21(19)24/h2-4,6-9,12H,5,10-11,27H2,1H3. The third-order valence-corrected chi connectivity index (χ3v) is 6.37. The highest BCUT2D eigenvalue weighted by molar-refractivity contribution is 6.20. The summed E-state index contributed by atoms with van der Waals surface area (Å²) in [5, 5.41) is 10.2. The van der Waals surface area contributed by atoms with Crippen LogP contribution in [0.25, 0.3) is 0 Å². The van der Waals surface area contributed by atoms with Crippen molar-refractivity contribution < 1.29 is 14.0 Å². The van der Waals surface area contributed by atoms with Crippen LogP contribution in [0, 0.1) is 17.1 Å². The largest absolute Gasteiger partial charge is 0.384 e. The molecule has 2 aromatic rings. The molecule has 1 unspecified atom stereocenters. The number of fused-ring (bicyclic) bond motifs is 3. The fourth-order valence-corrected chi connectivity index (χ4v) is 5.14. The van der Waals surface area contributed by atoms with Gasteiger partial charge in [-0.1, -0.05) is 24.3 Å².